The maximum atomic E-state index is 15.8. The van der Waals surface area contributed by atoms with Crippen molar-refractivity contribution in [3.05, 3.63) is 74.5 Å². The van der Waals surface area contributed by atoms with Crippen molar-refractivity contribution in [3.8, 4) is 22.6 Å². The summed E-state index contributed by atoms with van der Waals surface area (Å²) in [6, 6.07) is 7.63. The van der Waals surface area contributed by atoms with Gasteiger partial charge in [-0.25, -0.2) is 8.78 Å². The van der Waals surface area contributed by atoms with Crippen molar-refractivity contribution in [1.29, 1.82) is 0 Å². The Kier molecular flexibility index (Phi) is 11.9. The molecule has 0 bridgehead atoms. The highest BCUT2D eigenvalue weighted by Crippen LogP contribution is 2.44. The summed E-state index contributed by atoms with van der Waals surface area (Å²) in [7, 11) is 8.58. The zero-order chi connectivity index (χ0) is 47.7. The van der Waals surface area contributed by atoms with E-state index in [-0.39, 0.29) is 64.7 Å². The summed E-state index contributed by atoms with van der Waals surface area (Å²) in [5, 5.41) is 4.99. The monoisotopic (exact) mass is 942 g/mol. The van der Waals surface area contributed by atoms with Gasteiger partial charge in [-0.2, -0.15) is 0 Å². The van der Waals surface area contributed by atoms with Crippen LogP contribution in [0.4, 0.5) is 14.5 Å². The molecular formula is C47H52F2N8O9S. The lowest BCUT2D eigenvalue weighted by Gasteiger charge is -2.55. The smallest absolute Gasteiger partial charge is 0.285 e. The second-order valence-corrected chi connectivity index (χ2v) is 19.7. The number of ether oxygens (including phenoxy) is 2. The fraction of sp³-hybridized carbons (Fsp3) is 0.468. The number of fused-ring (bicyclic) bond motifs is 2. The van der Waals surface area contributed by atoms with Crippen LogP contribution in [-0.4, -0.2) is 152 Å². The van der Waals surface area contributed by atoms with Crippen LogP contribution in [0.25, 0.3) is 21.2 Å². The first-order chi connectivity index (χ1) is 31.9. The molecule has 0 saturated carbocycles. The molecule has 5 aliphatic rings. The standard InChI is InChI=1S/C47H52F2N8O9S/c1-52(2)20-32-34(65-4)16-26(17-35(32)66-5)31-21-53(3)43(62)30-19-36(67-40(30)31)42(61)50-37-10-13-55(25-47(37,48)49)39(59)22-54-14-11-46(12-15-54)23-56(24-46)27-6-7-28-29(18-27)45(64)57(44(28)63)33-8-9-38(58)51-41(33)60/h6-7,16-19,21,33,37H,8-15,20,22-25H2,1-5H3,(H,50,61)(H,51,58,60). The number of pyridine rings is 1. The van der Waals surface area contributed by atoms with Gasteiger partial charge in [-0.05, 0) is 94.8 Å². The third kappa shape index (κ3) is 8.43. The Labute approximate surface area is 388 Å². The number of piperidine rings is 3. The molecule has 354 valence electrons. The normalized spacial score (nSPS) is 21.5. The number of nitrogens with zero attached hydrogens (tertiary/aromatic N) is 6. The fourth-order valence-corrected chi connectivity index (χ4v) is 11.2. The first kappa shape index (κ1) is 45.9. The third-order valence-electron chi connectivity index (χ3n) is 13.8. The molecule has 2 N–H and O–H groups in total. The summed E-state index contributed by atoms with van der Waals surface area (Å²) in [5.41, 5.74) is 3.00. The highest BCUT2D eigenvalue weighted by Gasteiger charge is 2.49. The average molecular weight is 943 g/mol. The quantitative estimate of drug-likeness (QED) is 0.210. The number of benzene rings is 2. The Morgan fingerprint density at radius 3 is 2.22 bits per heavy atom. The number of likely N-dealkylation sites (tertiary alicyclic amines) is 2. The zero-order valence-electron chi connectivity index (χ0n) is 37.9. The number of hydrogen-bond donors (Lipinski definition) is 2. The average Bonchev–Trinajstić information content (AvgIpc) is 3.84. The number of amides is 6. The van der Waals surface area contributed by atoms with Crippen molar-refractivity contribution in [2.75, 3.05) is 79.0 Å². The molecular weight excluding hydrogens is 891 g/mol. The van der Waals surface area contributed by atoms with Crippen LogP contribution in [0.1, 0.15) is 68.1 Å². The number of imide groups is 2. The number of thiophene rings is 1. The number of carbonyl (C=O) groups is 6. The van der Waals surface area contributed by atoms with E-state index in [4.69, 9.17) is 9.47 Å². The number of anilines is 1. The van der Waals surface area contributed by atoms with Gasteiger partial charge < -0.3 is 34.1 Å². The van der Waals surface area contributed by atoms with Crippen LogP contribution < -0.4 is 30.6 Å². The molecule has 4 fully saturated rings. The molecule has 0 aliphatic carbocycles. The van der Waals surface area contributed by atoms with Gasteiger partial charge in [-0.1, -0.05) is 0 Å². The second-order valence-electron chi connectivity index (χ2n) is 18.6. The van der Waals surface area contributed by atoms with Gasteiger partial charge in [-0.15, -0.1) is 11.3 Å². The van der Waals surface area contributed by atoms with E-state index in [1.807, 2.05) is 36.0 Å². The lowest BCUT2D eigenvalue weighted by atomic mass is 9.71. The van der Waals surface area contributed by atoms with Crippen molar-refractivity contribution < 1.29 is 47.0 Å². The molecule has 4 aromatic rings. The number of hydrogen-bond acceptors (Lipinski definition) is 13. The SMILES string of the molecule is COc1cc(-c2cn(C)c(=O)c3cc(C(=O)NC4CCN(C(=O)CN5CCC6(CC5)CN(c5ccc7c(c5)C(=O)N(C5CCC(=O)NC5=O)C7=O)C6)CC4(F)F)sc23)cc(OC)c1CN(C)C. The van der Waals surface area contributed by atoms with Gasteiger partial charge in [0.1, 0.15) is 17.5 Å². The minimum atomic E-state index is -3.41. The molecule has 6 amide bonds. The molecule has 2 aromatic heterocycles. The van der Waals surface area contributed by atoms with Gasteiger partial charge in [0.15, 0.2) is 0 Å². The summed E-state index contributed by atoms with van der Waals surface area (Å²) in [6.07, 6.45) is 3.20. The number of alkyl halides is 2. The molecule has 5 aliphatic heterocycles. The van der Waals surface area contributed by atoms with E-state index in [9.17, 15) is 33.6 Å². The Morgan fingerprint density at radius 1 is 0.896 bits per heavy atom. The molecule has 67 heavy (non-hydrogen) atoms. The van der Waals surface area contributed by atoms with E-state index in [0.717, 1.165) is 40.3 Å². The predicted octanol–water partition coefficient (Wildman–Crippen LogP) is 3.32. The Morgan fingerprint density at radius 2 is 1.58 bits per heavy atom. The van der Waals surface area contributed by atoms with Crippen LogP contribution in [0.15, 0.2) is 47.4 Å². The zero-order valence-corrected chi connectivity index (χ0v) is 38.7. The van der Waals surface area contributed by atoms with E-state index in [2.05, 4.69) is 15.5 Å². The second kappa shape index (κ2) is 17.4. The van der Waals surface area contributed by atoms with Gasteiger partial charge in [0, 0.05) is 67.2 Å². The van der Waals surface area contributed by atoms with Crippen LogP contribution in [0.2, 0.25) is 0 Å². The number of carbonyl (C=O) groups excluding carboxylic acids is 6. The highest BCUT2D eigenvalue weighted by molar-refractivity contribution is 7.21. The topological polar surface area (TPSA) is 183 Å². The fourth-order valence-electron chi connectivity index (χ4n) is 10.1. The molecule has 17 nitrogen and oxygen atoms in total. The minimum Gasteiger partial charge on any atom is -0.496 e. The molecule has 2 atom stereocenters. The summed E-state index contributed by atoms with van der Waals surface area (Å²) in [4.78, 5) is 99.3. The Bertz CT molecular complexity index is 2770. The maximum absolute atomic E-state index is 15.8. The predicted molar refractivity (Wildman–Crippen MR) is 244 cm³/mol. The van der Waals surface area contributed by atoms with Gasteiger partial charge >= 0.3 is 0 Å². The van der Waals surface area contributed by atoms with Crippen LogP contribution in [0.5, 0.6) is 11.5 Å². The third-order valence-corrected chi connectivity index (χ3v) is 15.0. The lowest BCUT2D eigenvalue weighted by Crippen LogP contribution is -2.62. The summed E-state index contributed by atoms with van der Waals surface area (Å²) in [5.74, 6) is -5.61. The van der Waals surface area contributed by atoms with E-state index < -0.39 is 60.0 Å². The molecule has 1 spiro atoms. The van der Waals surface area contributed by atoms with Crippen molar-refractivity contribution in [1.82, 2.24) is 34.8 Å². The minimum absolute atomic E-state index is 0.00720. The van der Waals surface area contributed by atoms with Crippen LogP contribution >= 0.6 is 11.3 Å². The number of aryl methyl sites for hydroxylation is 1. The molecule has 20 heteroatoms. The van der Waals surface area contributed by atoms with Gasteiger partial charge in [-0.3, -0.25) is 48.7 Å². The molecule has 9 rings (SSSR count). The number of aromatic nitrogens is 1. The van der Waals surface area contributed by atoms with E-state index in [1.165, 1.54) is 15.5 Å². The van der Waals surface area contributed by atoms with Gasteiger partial charge in [0.05, 0.1) is 60.3 Å². The summed E-state index contributed by atoms with van der Waals surface area (Å²) >= 11 is 1.04. The van der Waals surface area contributed by atoms with Crippen molar-refractivity contribution in [2.45, 2.75) is 56.7 Å². The molecule has 0 radical (unpaired) electrons. The molecule has 7 heterocycles. The number of rotatable bonds is 11. The highest BCUT2D eigenvalue weighted by atomic mass is 32.1. The van der Waals surface area contributed by atoms with Crippen LogP contribution in [-0.2, 0) is 28.0 Å². The van der Waals surface area contributed by atoms with E-state index >= 15 is 8.78 Å². The van der Waals surface area contributed by atoms with Gasteiger partial charge in [0.2, 0.25) is 17.7 Å². The largest absolute Gasteiger partial charge is 0.496 e. The van der Waals surface area contributed by atoms with E-state index in [0.29, 0.717) is 60.0 Å². The number of halogens is 2. The van der Waals surface area contributed by atoms with Crippen molar-refractivity contribution >= 4 is 62.6 Å². The first-order valence-corrected chi connectivity index (χ1v) is 23.0. The maximum Gasteiger partial charge on any atom is 0.285 e. The molecule has 4 saturated heterocycles. The first-order valence-electron chi connectivity index (χ1n) is 22.2. The van der Waals surface area contributed by atoms with E-state index in [1.54, 1.807) is 45.7 Å². The Hall–Kier alpha value is -6.25. The number of nitrogens with one attached hydrogen (secondary N) is 2. The summed E-state index contributed by atoms with van der Waals surface area (Å²) < 4.78 is 45.0. The molecule has 2 aromatic carbocycles. The van der Waals surface area contributed by atoms with Crippen LogP contribution in [0, 0.1) is 5.41 Å². The molecule has 2 unspecified atom stereocenters. The summed E-state index contributed by atoms with van der Waals surface area (Å²) in [6.45, 7) is 2.34. The Balaban J connectivity index is 0.787. The van der Waals surface area contributed by atoms with Crippen molar-refractivity contribution in [3.63, 3.8) is 0 Å². The lowest BCUT2D eigenvalue weighted by molar-refractivity contribution is -0.146. The van der Waals surface area contributed by atoms with Crippen LogP contribution in [0.3, 0.4) is 0 Å². The van der Waals surface area contributed by atoms with Gasteiger partial charge in [0.25, 0.3) is 29.2 Å². The number of methoxy groups -OCH3 is 2. The van der Waals surface area contributed by atoms with Crippen molar-refractivity contribution in [2.24, 2.45) is 12.5 Å².